The molecule has 0 bridgehead atoms. The van der Waals surface area contributed by atoms with Crippen molar-refractivity contribution in [2.75, 3.05) is 19.6 Å². The molecule has 0 unspecified atom stereocenters. The minimum atomic E-state index is -0.139. The van der Waals surface area contributed by atoms with Crippen molar-refractivity contribution < 1.29 is 9.59 Å². The predicted octanol–water partition coefficient (Wildman–Crippen LogP) is 7.11. The number of aromatic nitrogens is 1. The van der Waals surface area contributed by atoms with E-state index in [2.05, 4.69) is 18.0 Å². The highest BCUT2D eigenvalue weighted by molar-refractivity contribution is 6.42. The smallest absolute Gasteiger partial charge is 0.242 e. The molecule has 1 heterocycles. The van der Waals surface area contributed by atoms with E-state index in [1.165, 1.54) is 0 Å². The molecule has 0 spiro atoms. The maximum Gasteiger partial charge on any atom is 0.242 e. The van der Waals surface area contributed by atoms with Gasteiger partial charge in [-0.05, 0) is 47.6 Å². The highest BCUT2D eigenvalue weighted by atomic mass is 35.5. The van der Waals surface area contributed by atoms with Crippen LogP contribution in [0.15, 0.2) is 48.7 Å². The molecule has 0 aliphatic carbocycles. The topological polar surface area (TPSA) is 56.4 Å². The SMILES string of the molecule is CCCCN(CC(=O)N(CCc1c[nH]c2ccccc12)Cc1ccc(Cl)c(Cl)c1)C(=O)CC(C)(C)C. The average molecular weight is 531 g/mol. The van der Waals surface area contributed by atoms with E-state index < -0.39 is 0 Å². The van der Waals surface area contributed by atoms with Gasteiger partial charge >= 0.3 is 0 Å². The summed E-state index contributed by atoms with van der Waals surface area (Å²) in [5.41, 5.74) is 3.00. The number of aromatic amines is 1. The van der Waals surface area contributed by atoms with Gasteiger partial charge in [-0.1, -0.05) is 81.6 Å². The Morgan fingerprint density at radius 3 is 2.39 bits per heavy atom. The third-order valence-electron chi connectivity index (χ3n) is 6.18. The summed E-state index contributed by atoms with van der Waals surface area (Å²) in [6, 6.07) is 13.6. The van der Waals surface area contributed by atoms with Crippen LogP contribution >= 0.6 is 23.2 Å². The zero-order valence-corrected chi connectivity index (χ0v) is 23.3. The Bertz CT molecular complexity index is 1180. The molecule has 1 N–H and O–H groups in total. The zero-order valence-electron chi connectivity index (χ0n) is 21.7. The first-order valence-corrected chi connectivity index (χ1v) is 13.4. The maximum atomic E-state index is 13.6. The first-order chi connectivity index (χ1) is 17.1. The molecule has 7 heteroatoms. The summed E-state index contributed by atoms with van der Waals surface area (Å²) in [6.45, 7) is 9.80. The molecule has 3 aromatic rings. The average Bonchev–Trinajstić information content (AvgIpc) is 3.23. The van der Waals surface area contributed by atoms with Crippen LogP contribution in [0.5, 0.6) is 0 Å². The highest BCUT2D eigenvalue weighted by Crippen LogP contribution is 2.24. The van der Waals surface area contributed by atoms with Gasteiger partial charge in [-0.2, -0.15) is 0 Å². The van der Waals surface area contributed by atoms with E-state index in [0.29, 0.717) is 42.5 Å². The van der Waals surface area contributed by atoms with Crippen molar-refractivity contribution in [3.05, 3.63) is 69.8 Å². The molecule has 3 rings (SSSR count). The van der Waals surface area contributed by atoms with E-state index >= 15 is 0 Å². The Kier molecular flexibility index (Phi) is 9.86. The summed E-state index contributed by atoms with van der Waals surface area (Å²) in [5.74, 6) is -0.0466. The van der Waals surface area contributed by atoms with Crippen LogP contribution in [0.25, 0.3) is 10.9 Å². The number of amides is 2. The van der Waals surface area contributed by atoms with Crippen molar-refractivity contribution >= 4 is 45.9 Å². The van der Waals surface area contributed by atoms with Gasteiger partial charge in [-0.15, -0.1) is 0 Å². The van der Waals surface area contributed by atoms with Crippen LogP contribution < -0.4 is 0 Å². The van der Waals surface area contributed by atoms with Gasteiger partial charge in [-0.25, -0.2) is 0 Å². The van der Waals surface area contributed by atoms with Gasteiger partial charge < -0.3 is 14.8 Å². The van der Waals surface area contributed by atoms with Gasteiger partial charge in [-0.3, -0.25) is 9.59 Å². The van der Waals surface area contributed by atoms with Crippen LogP contribution in [-0.2, 0) is 22.6 Å². The van der Waals surface area contributed by atoms with Gasteiger partial charge in [0, 0.05) is 43.2 Å². The number of unbranched alkanes of at least 4 members (excludes halogenated alkanes) is 1. The Hall–Kier alpha value is -2.50. The molecule has 1 aromatic heterocycles. The number of halogens is 2. The fraction of sp³-hybridized carbons (Fsp3) is 0.448. The molecule has 194 valence electrons. The predicted molar refractivity (Wildman–Crippen MR) is 149 cm³/mol. The Balaban J connectivity index is 1.80. The molecular formula is C29H37Cl2N3O2. The standard InChI is InChI=1S/C29H37Cl2N3O2/c1-5-6-14-33(27(35)17-29(2,3)4)20-28(36)34(19-21-11-12-24(30)25(31)16-21)15-13-22-18-32-26-10-8-7-9-23(22)26/h7-12,16,18,32H,5-6,13-15,17,19-20H2,1-4H3. The summed E-state index contributed by atoms with van der Waals surface area (Å²) in [7, 11) is 0. The van der Waals surface area contributed by atoms with Gasteiger partial charge in [0.2, 0.25) is 11.8 Å². The van der Waals surface area contributed by atoms with Crippen LogP contribution in [0.4, 0.5) is 0 Å². The van der Waals surface area contributed by atoms with Crippen LogP contribution in [0.1, 0.15) is 58.1 Å². The van der Waals surface area contributed by atoms with Gasteiger partial charge in [0.1, 0.15) is 0 Å². The van der Waals surface area contributed by atoms with Gasteiger partial charge in [0.25, 0.3) is 0 Å². The van der Waals surface area contributed by atoms with Crippen LogP contribution in [0.2, 0.25) is 10.0 Å². The lowest BCUT2D eigenvalue weighted by Gasteiger charge is -2.30. The van der Waals surface area contributed by atoms with E-state index in [9.17, 15) is 9.59 Å². The second kappa shape index (κ2) is 12.6. The third-order valence-corrected chi connectivity index (χ3v) is 6.92. The quantitative estimate of drug-likeness (QED) is 0.287. The summed E-state index contributed by atoms with van der Waals surface area (Å²) in [6.07, 6.45) is 4.94. The van der Waals surface area contributed by atoms with Crippen molar-refractivity contribution in [2.45, 2.75) is 59.9 Å². The van der Waals surface area contributed by atoms with E-state index in [-0.39, 0.29) is 23.8 Å². The largest absolute Gasteiger partial charge is 0.361 e. The second-order valence-electron chi connectivity index (χ2n) is 10.6. The van der Waals surface area contributed by atoms with Crippen LogP contribution in [0, 0.1) is 5.41 Å². The number of carbonyl (C=O) groups is 2. The molecule has 0 atom stereocenters. The van der Waals surface area contributed by atoms with Crippen molar-refractivity contribution in [3.63, 3.8) is 0 Å². The van der Waals surface area contributed by atoms with Gasteiger partial charge in [0.05, 0.1) is 16.6 Å². The zero-order chi connectivity index (χ0) is 26.3. The molecule has 2 aromatic carbocycles. The Labute approximate surface area is 224 Å². The maximum absolute atomic E-state index is 13.6. The van der Waals surface area contributed by atoms with Crippen molar-refractivity contribution in [2.24, 2.45) is 5.41 Å². The lowest BCUT2D eigenvalue weighted by Crippen LogP contribution is -2.44. The molecule has 0 aliphatic rings. The lowest BCUT2D eigenvalue weighted by molar-refractivity contribution is -0.142. The fourth-order valence-electron chi connectivity index (χ4n) is 4.21. The number of nitrogens with one attached hydrogen (secondary N) is 1. The Morgan fingerprint density at radius 1 is 0.944 bits per heavy atom. The summed E-state index contributed by atoms with van der Waals surface area (Å²) in [5, 5.41) is 2.10. The monoisotopic (exact) mass is 529 g/mol. The molecule has 5 nitrogen and oxygen atoms in total. The number of benzene rings is 2. The first kappa shape index (κ1) is 28.1. The molecule has 0 radical (unpaired) electrons. The fourth-order valence-corrected chi connectivity index (χ4v) is 4.53. The minimum absolute atomic E-state index is 0.0235. The van der Waals surface area contributed by atoms with E-state index in [4.69, 9.17) is 23.2 Å². The summed E-state index contributed by atoms with van der Waals surface area (Å²) < 4.78 is 0. The minimum Gasteiger partial charge on any atom is -0.361 e. The molecule has 2 amide bonds. The van der Waals surface area contributed by atoms with E-state index in [1.807, 2.05) is 56.1 Å². The summed E-state index contributed by atoms with van der Waals surface area (Å²) in [4.78, 5) is 33.6. The second-order valence-corrected chi connectivity index (χ2v) is 11.4. The third kappa shape index (κ3) is 8.01. The number of para-hydroxylation sites is 1. The molecule has 36 heavy (non-hydrogen) atoms. The van der Waals surface area contributed by atoms with Crippen LogP contribution in [-0.4, -0.2) is 46.2 Å². The van der Waals surface area contributed by atoms with Crippen molar-refractivity contribution in [3.8, 4) is 0 Å². The first-order valence-electron chi connectivity index (χ1n) is 12.6. The number of fused-ring (bicyclic) bond motifs is 1. The number of carbonyl (C=O) groups excluding carboxylic acids is 2. The van der Waals surface area contributed by atoms with Crippen molar-refractivity contribution in [1.29, 1.82) is 0 Å². The normalized spacial score (nSPS) is 11.6. The van der Waals surface area contributed by atoms with Crippen LogP contribution in [0.3, 0.4) is 0 Å². The number of hydrogen-bond donors (Lipinski definition) is 1. The highest BCUT2D eigenvalue weighted by Gasteiger charge is 2.25. The number of nitrogens with zero attached hydrogens (tertiary/aromatic N) is 2. The molecule has 0 aliphatic heterocycles. The number of rotatable bonds is 11. The van der Waals surface area contributed by atoms with Gasteiger partial charge in [0.15, 0.2) is 0 Å². The van der Waals surface area contributed by atoms with Crippen molar-refractivity contribution in [1.82, 2.24) is 14.8 Å². The van der Waals surface area contributed by atoms with E-state index in [1.54, 1.807) is 17.0 Å². The number of H-pyrrole nitrogens is 1. The number of hydrogen-bond acceptors (Lipinski definition) is 2. The summed E-state index contributed by atoms with van der Waals surface area (Å²) >= 11 is 12.4. The lowest BCUT2D eigenvalue weighted by atomic mass is 9.91. The molecule has 0 fully saturated rings. The molecule has 0 saturated carbocycles. The Morgan fingerprint density at radius 2 is 1.69 bits per heavy atom. The molecular weight excluding hydrogens is 493 g/mol. The van der Waals surface area contributed by atoms with E-state index in [0.717, 1.165) is 34.9 Å². The molecule has 0 saturated heterocycles.